The Labute approximate surface area is 189 Å². The fraction of sp³-hybridized carbons (Fsp3) is 0.167. The summed E-state index contributed by atoms with van der Waals surface area (Å²) < 4.78 is 3.60. The second-order valence-electron chi connectivity index (χ2n) is 8.31. The molecule has 164 valence electrons. The van der Waals surface area contributed by atoms with Crippen molar-refractivity contribution in [1.82, 2.24) is 29.7 Å². The number of carbonyl (C=O) groups excluding carboxylic acids is 1. The molecule has 3 aromatic heterocycles. The van der Waals surface area contributed by atoms with Gasteiger partial charge in [-0.3, -0.25) is 4.79 Å². The number of nitrogens with zero attached hydrogens (tertiary/aromatic N) is 5. The number of benzene rings is 1. The molecule has 1 amide bonds. The number of allylic oxidation sites excluding steroid dienone is 1. The standard InChI is InChI=1S/C24H22N8O/c1-15-11-16(24(33)27-15)12-17-14-26-32-22(29-19-3-4-19)13-21(30-23(17)32)28-18-5-7-20(8-6-18)31-10-2-9-25-31/h2,5-10,12-14,19,29H,1,3-4,11H2,(H,27,33)(H,28,30)/b16-12+. The maximum absolute atomic E-state index is 12.2. The topological polar surface area (TPSA) is 101 Å². The van der Waals surface area contributed by atoms with Crippen molar-refractivity contribution in [2.75, 3.05) is 10.6 Å². The molecule has 6 rings (SSSR count). The molecule has 0 spiro atoms. The molecular weight excluding hydrogens is 416 g/mol. The van der Waals surface area contributed by atoms with E-state index in [4.69, 9.17) is 4.98 Å². The molecule has 1 saturated heterocycles. The van der Waals surface area contributed by atoms with Crippen LogP contribution in [0.25, 0.3) is 17.4 Å². The molecule has 2 fully saturated rings. The van der Waals surface area contributed by atoms with E-state index in [0.717, 1.165) is 35.6 Å². The maximum Gasteiger partial charge on any atom is 0.251 e. The summed E-state index contributed by atoms with van der Waals surface area (Å²) in [6.07, 6.45) is 10.0. The number of fused-ring (bicyclic) bond motifs is 1. The number of nitrogens with one attached hydrogen (secondary N) is 3. The molecule has 0 atom stereocenters. The minimum atomic E-state index is -0.123. The average molecular weight is 438 g/mol. The summed E-state index contributed by atoms with van der Waals surface area (Å²) in [5, 5.41) is 18.5. The van der Waals surface area contributed by atoms with Crippen LogP contribution in [0.5, 0.6) is 0 Å². The quantitative estimate of drug-likeness (QED) is 0.397. The van der Waals surface area contributed by atoms with E-state index in [-0.39, 0.29) is 5.91 Å². The molecular formula is C24H22N8O. The summed E-state index contributed by atoms with van der Waals surface area (Å²) >= 11 is 0. The molecule has 0 unspecified atom stereocenters. The summed E-state index contributed by atoms with van der Waals surface area (Å²) in [5.74, 6) is 1.43. The number of aromatic nitrogens is 5. The number of hydrogen-bond acceptors (Lipinski definition) is 6. The Balaban J connectivity index is 1.35. The van der Waals surface area contributed by atoms with Crippen molar-refractivity contribution in [3.63, 3.8) is 0 Å². The molecule has 4 heterocycles. The lowest BCUT2D eigenvalue weighted by molar-refractivity contribution is -0.115. The second kappa shape index (κ2) is 7.63. The highest BCUT2D eigenvalue weighted by atomic mass is 16.2. The van der Waals surface area contributed by atoms with Crippen LogP contribution in [-0.2, 0) is 4.79 Å². The van der Waals surface area contributed by atoms with Gasteiger partial charge in [0.15, 0.2) is 5.65 Å². The summed E-state index contributed by atoms with van der Waals surface area (Å²) in [6.45, 7) is 3.85. The van der Waals surface area contributed by atoms with E-state index in [1.807, 2.05) is 53.4 Å². The summed E-state index contributed by atoms with van der Waals surface area (Å²) in [5.41, 5.74) is 4.70. The molecule has 33 heavy (non-hydrogen) atoms. The molecule has 1 aliphatic carbocycles. The monoisotopic (exact) mass is 438 g/mol. The molecule has 4 aromatic rings. The van der Waals surface area contributed by atoms with E-state index in [1.165, 1.54) is 0 Å². The van der Waals surface area contributed by atoms with Gasteiger partial charge in [0.05, 0.1) is 11.9 Å². The highest BCUT2D eigenvalue weighted by Crippen LogP contribution is 2.29. The summed E-state index contributed by atoms with van der Waals surface area (Å²) in [6, 6.07) is 12.3. The lowest BCUT2D eigenvalue weighted by Gasteiger charge is -2.12. The zero-order chi connectivity index (χ0) is 22.4. The van der Waals surface area contributed by atoms with Gasteiger partial charge < -0.3 is 16.0 Å². The van der Waals surface area contributed by atoms with E-state index in [2.05, 4.69) is 32.7 Å². The number of amides is 1. The molecule has 0 radical (unpaired) electrons. The van der Waals surface area contributed by atoms with E-state index < -0.39 is 0 Å². The Kier molecular flexibility index (Phi) is 4.46. The Bertz CT molecular complexity index is 1390. The summed E-state index contributed by atoms with van der Waals surface area (Å²) in [4.78, 5) is 17.0. The molecule has 9 heteroatoms. The summed E-state index contributed by atoms with van der Waals surface area (Å²) in [7, 11) is 0. The largest absolute Gasteiger partial charge is 0.367 e. The van der Waals surface area contributed by atoms with Crippen LogP contribution in [0.4, 0.5) is 17.3 Å². The molecule has 2 aliphatic rings. The van der Waals surface area contributed by atoms with Gasteiger partial charge in [-0.05, 0) is 49.2 Å². The Morgan fingerprint density at radius 2 is 2.03 bits per heavy atom. The van der Waals surface area contributed by atoms with Crippen LogP contribution in [0.15, 0.2) is 72.8 Å². The minimum absolute atomic E-state index is 0.123. The number of hydrogen-bond donors (Lipinski definition) is 3. The first-order valence-electron chi connectivity index (χ1n) is 10.8. The zero-order valence-electron chi connectivity index (χ0n) is 17.8. The van der Waals surface area contributed by atoms with Gasteiger partial charge in [-0.2, -0.15) is 14.7 Å². The van der Waals surface area contributed by atoms with Gasteiger partial charge in [0.2, 0.25) is 0 Å². The average Bonchev–Trinajstić information content (AvgIpc) is 3.17. The fourth-order valence-electron chi connectivity index (χ4n) is 3.85. The van der Waals surface area contributed by atoms with Gasteiger partial charge in [-0.25, -0.2) is 9.67 Å². The normalized spacial score (nSPS) is 17.0. The third kappa shape index (κ3) is 3.84. The van der Waals surface area contributed by atoms with E-state index in [9.17, 15) is 4.79 Å². The van der Waals surface area contributed by atoms with Crippen molar-refractivity contribution in [2.45, 2.75) is 25.3 Å². The Hall–Kier alpha value is -4.40. The fourth-order valence-corrected chi connectivity index (χ4v) is 3.85. The van der Waals surface area contributed by atoms with Crippen molar-refractivity contribution in [3.8, 4) is 5.69 Å². The Morgan fingerprint density at radius 3 is 2.73 bits per heavy atom. The van der Waals surface area contributed by atoms with E-state index in [0.29, 0.717) is 35.2 Å². The molecule has 9 nitrogen and oxygen atoms in total. The second-order valence-corrected chi connectivity index (χ2v) is 8.31. The first kappa shape index (κ1) is 19.3. The third-order valence-electron chi connectivity index (χ3n) is 5.65. The first-order valence-corrected chi connectivity index (χ1v) is 10.8. The minimum Gasteiger partial charge on any atom is -0.367 e. The van der Waals surface area contributed by atoms with Gasteiger partial charge >= 0.3 is 0 Å². The van der Waals surface area contributed by atoms with E-state index >= 15 is 0 Å². The highest BCUT2D eigenvalue weighted by Gasteiger charge is 2.24. The van der Waals surface area contributed by atoms with Crippen LogP contribution in [-0.4, -0.2) is 36.3 Å². The van der Waals surface area contributed by atoms with Gasteiger partial charge in [-0.1, -0.05) is 6.58 Å². The van der Waals surface area contributed by atoms with Crippen molar-refractivity contribution < 1.29 is 4.79 Å². The van der Waals surface area contributed by atoms with Crippen molar-refractivity contribution in [1.29, 1.82) is 0 Å². The first-order chi connectivity index (χ1) is 16.1. The van der Waals surface area contributed by atoms with E-state index in [1.54, 1.807) is 16.9 Å². The lowest BCUT2D eigenvalue weighted by Crippen LogP contribution is -2.12. The van der Waals surface area contributed by atoms with Crippen LogP contribution >= 0.6 is 0 Å². The van der Waals surface area contributed by atoms with Gasteiger partial charge in [-0.15, -0.1) is 0 Å². The molecule has 0 bridgehead atoms. The predicted octanol–water partition coefficient (Wildman–Crippen LogP) is 3.65. The van der Waals surface area contributed by atoms with Crippen LogP contribution < -0.4 is 16.0 Å². The van der Waals surface area contributed by atoms with Crippen molar-refractivity contribution >= 4 is 35.0 Å². The molecule has 1 saturated carbocycles. The number of anilines is 3. The van der Waals surface area contributed by atoms with Crippen LogP contribution in [0.2, 0.25) is 0 Å². The van der Waals surface area contributed by atoms with Crippen LogP contribution in [0.1, 0.15) is 24.8 Å². The molecule has 1 aromatic carbocycles. The van der Waals surface area contributed by atoms with Gasteiger partial charge in [0.1, 0.15) is 11.6 Å². The predicted molar refractivity (Wildman–Crippen MR) is 126 cm³/mol. The zero-order valence-corrected chi connectivity index (χ0v) is 17.8. The lowest BCUT2D eigenvalue weighted by atomic mass is 10.1. The van der Waals surface area contributed by atoms with Crippen LogP contribution in [0.3, 0.4) is 0 Å². The van der Waals surface area contributed by atoms with Gasteiger partial charge in [0.25, 0.3) is 5.91 Å². The SMILES string of the molecule is C=C1C/C(=C\c2cnn3c(NC4CC4)cc(Nc4ccc(-n5cccn5)cc4)nc23)C(=O)N1. The van der Waals surface area contributed by atoms with Crippen LogP contribution in [0, 0.1) is 0 Å². The number of rotatable bonds is 6. The van der Waals surface area contributed by atoms with Crippen molar-refractivity contribution in [2.24, 2.45) is 0 Å². The molecule has 3 N–H and O–H groups in total. The number of carbonyl (C=O) groups is 1. The maximum atomic E-state index is 12.2. The third-order valence-corrected chi connectivity index (χ3v) is 5.65. The highest BCUT2D eigenvalue weighted by molar-refractivity contribution is 6.02. The van der Waals surface area contributed by atoms with Crippen molar-refractivity contribution in [3.05, 3.63) is 78.4 Å². The van der Waals surface area contributed by atoms with Gasteiger partial charge in [0, 0.05) is 53.4 Å². The molecule has 1 aliphatic heterocycles. The smallest absolute Gasteiger partial charge is 0.251 e. The Morgan fingerprint density at radius 1 is 1.18 bits per heavy atom.